The van der Waals surface area contributed by atoms with Crippen LogP contribution in [0.5, 0.6) is 5.88 Å². The monoisotopic (exact) mass is 292 g/mol. The molecule has 0 radical (unpaired) electrons. The zero-order valence-corrected chi connectivity index (χ0v) is 11.4. The molecule has 0 fully saturated rings. The zero-order chi connectivity index (χ0) is 11.5. The number of hydrogen-bond donors (Lipinski definition) is 0. The Labute approximate surface area is 103 Å². The van der Waals surface area contributed by atoms with Crippen molar-refractivity contribution in [1.29, 1.82) is 0 Å². The standard InChI is InChI=1S/C10H14BrClN2O/c1-10(2,3)4-5-15-8-7(11)6-13-9(12)14-8/h6H,4-5H2,1-3H3. The number of nitrogens with zero attached hydrogens (tertiary/aromatic N) is 2. The Morgan fingerprint density at radius 3 is 2.73 bits per heavy atom. The van der Waals surface area contributed by atoms with E-state index in [1.165, 1.54) is 0 Å². The molecule has 0 amide bonds. The number of hydrogen-bond acceptors (Lipinski definition) is 3. The lowest BCUT2D eigenvalue weighted by Gasteiger charge is -2.17. The lowest BCUT2D eigenvalue weighted by molar-refractivity contribution is 0.235. The fourth-order valence-corrected chi connectivity index (χ4v) is 1.32. The van der Waals surface area contributed by atoms with Gasteiger partial charge in [-0.05, 0) is 39.4 Å². The number of aromatic nitrogens is 2. The van der Waals surface area contributed by atoms with E-state index in [2.05, 4.69) is 46.7 Å². The maximum absolute atomic E-state index is 5.66. The predicted octanol–water partition coefficient (Wildman–Crippen LogP) is 3.71. The van der Waals surface area contributed by atoms with E-state index in [0.29, 0.717) is 12.5 Å². The van der Waals surface area contributed by atoms with Gasteiger partial charge in [-0.2, -0.15) is 4.98 Å². The van der Waals surface area contributed by atoms with Crippen molar-refractivity contribution in [2.45, 2.75) is 27.2 Å². The van der Waals surface area contributed by atoms with E-state index in [4.69, 9.17) is 16.3 Å². The van der Waals surface area contributed by atoms with Gasteiger partial charge in [-0.3, -0.25) is 0 Å². The molecule has 0 aromatic carbocycles. The van der Waals surface area contributed by atoms with Gasteiger partial charge in [0.05, 0.1) is 11.1 Å². The molecule has 0 aliphatic carbocycles. The van der Waals surface area contributed by atoms with Gasteiger partial charge >= 0.3 is 0 Å². The number of ether oxygens (including phenoxy) is 1. The summed E-state index contributed by atoms with van der Waals surface area (Å²) in [7, 11) is 0. The molecule has 84 valence electrons. The highest BCUT2D eigenvalue weighted by Gasteiger charge is 2.11. The van der Waals surface area contributed by atoms with Gasteiger partial charge in [0.15, 0.2) is 0 Å². The summed E-state index contributed by atoms with van der Waals surface area (Å²) >= 11 is 8.97. The van der Waals surface area contributed by atoms with Crippen LogP contribution in [0.2, 0.25) is 5.28 Å². The predicted molar refractivity (Wildman–Crippen MR) is 64.3 cm³/mol. The maximum Gasteiger partial charge on any atom is 0.232 e. The molecule has 0 aliphatic heterocycles. The molecule has 0 bridgehead atoms. The third-order valence-corrected chi connectivity index (χ3v) is 2.50. The Bertz CT molecular complexity index is 339. The molecule has 0 aliphatic rings. The van der Waals surface area contributed by atoms with Crippen molar-refractivity contribution in [2.75, 3.05) is 6.61 Å². The van der Waals surface area contributed by atoms with Gasteiger partial charge in [0.1, 0.15) is 0 Å². The van der Waals surface area contributed by atoms with Crippen molar-refractivity contribution in [3.05, 3.63) is 16.0 Å². The first-order chi connectivity index (χ1) is 6.88. The van der Waals surface area contributed by atoms with E-state index in [0.717, 1.165) is 10.9 Å². The molecule has 5 heteroatoms. The average molecular weight is 294 g/mol. The summed E-state index contributed by atoms with van der Waals surface area (Å²) in [6, 6.07) is 0. The molecular formula is C10H14BrClN2O. The van der Waals surface area contributed by atoms with Gasteiger partial charge in [-0.1, -0.05) is 20.8 Å². The Morgan fingerprint density at radius 1 is 1.47 bits per heavy atom. The van der Waals surface area contributed by atoms with Crippen molar-refractivity contribution < 1.29 is 4.74 Å². The van der Waals surface area contributed by atoms with Crippen LogP contribution in [0.3, 0.4) is 0 Å². The van der Waals surface area contributed by atoms with E-state index < -0.39 is 0 Å². The molecule has 0 unspecified atom stereocenters. The molecule has 0 spiro atoms. The first kappa shape index (κ1) is 12.7. The van der Waals surface area contributed by atoms with Crippen LogP contribution in [0.1, 0.15) is 27.2 Å². The molecule has 1 heterocycles. The van der Waals surface area contributed by atoms with Gasteiger partial charge in [-0.25, -0.2) is 4.98 Å². The van der Waals surface area contributed by atoms with Crippen LogP contribution < -0.4 is 4.74 Å². The average Bonchev–Trinajstić information content (AvgIpc) is 2.09. The number of rotatable bonds is 3. The second kappa shape index (κ2) is 5.12. The minimum absolute atomic E-state index is 0.198. The number of halogens is 2. The molecule has 0 N–H and O–H groups in total. The molecule has 0 saturated carbocycles. The van der Waals surface area contributed by atoms with Crippen LogP contribution in [-0.4, -0.2) is 16.6 Å². The largest absolute Gasteiger partial charge is 0.477 e. The third kappa shape index (κ3) is 4.80. The minimum atomic E-state index is 0.198. The summed E-state index contributed by atoms with van der Waals surface area (Å²) in [6.45, 7) is 7.12. The Morgan fingerprint density at radius 2 is 2.13 bits per heavy atom. The van der Waals surface area contributed by atoms with Gasteiger partial charge < -0.3 is 4.74 Å². The molecule has 15 heavy (non-hydrogen) atoms. The summed E-state index contributed by atoms with van der Waals surface area (Å²) < 4.78 is 6.23. The lowest BCUT2D eigenvalue weighted by Crippen LogP contribution is -2.11. The highest BCUT2D eigenvalue weighted by atomic mass is 79.9. The van der Waals surface area contributed by atoms with Crippen LogP contribution in [0, 0.1) is 5.41 Å². The lowest BCUT2D eigenvalue weighted by atomic mass is 9.93. The van der Waals surface area contributed by atoms with E-state index >= 15 is 0 Å². The molecule has 1 aromatic rings. The molecule has 0 atom stereocenters. The van der Waals surface area contributed by atoms with Crippen LogP contribution in [0.25, 0.3) is 0 Å². The van der Waals surface area contributed by atoms with Crippen molar-refractivity contribution in [3.63, 3.8) is 0 Å². The second-order valence-electron chi connectivity index (χ2n) is 4.45. The van der Waals surface area contributed by atoms with Crippen LogP contribution in [-0.2, 0) is 0 Å². The third-order valence-electron chi connectivity index (χ3n) is 1.77. The van der Waals surface area contributed by atoms with Crippen LogP contribution in [0.4, 0.5) is 0 Å². The van der Waals surface area contributed by atoms with Crippen LogP contribution >= 0.6 is 27.5 Å². The van der Waals surface area contributed by atoms with Crippen molar-refractivity contribution >= 4 is 27.5 Å². The molecular weight excluding hydrogens is 279 g/mol. The molecule has 3 nitrogen and oxygen atoms in total. The summed E-state index contributed by atoms with van der Waals surface area (Å²) in [5.74, 6) is 0.499. The Hall–Kier alpha value is -0.350. The van der Waals surface area contributed by atoms with E-state index in [1.54, 1.807) is 6.20 Å². The first-order valence-electron chi connectivity index (χ1n) is 4.69. The highest BCUT2D eigenvalue weighted by molar-refractivity contribution is 9.10. The minimum Gasteiger partial charge on any atom is -0.477 e. The smallest absolute Gasteiger partial charge is 0.232 e. The van der Waals surface area contributed by atoms with E-state index in [-0.39, 0.29) is 10.7 Å². The van der Waals surface area contributed by atoms with E-state index in [1.807, 2.05) is 0 Å². The summed E-state index contributed by atoms with van der Waals surface area (Å²) in [5, 5.41) is 0.198. The zero-order valence-electron chi connectivity index (χ0n) is 9.05. The molecule has 0 saturated heterocycles. The van der Waals surface area contributed by atoms with E-state index in [9.17, 15) is 0 Å². The van der Waals surface area contributed by atoms with Crippen molar-refractivity contribution in [1.82, 2.24) is 9.97 Å². The SMILES string of the molecule is CC(C)(C)CCOc1nc(Cl)ncc1Br. The molecule has 1 rings (SSSR count). The van der Waals surface area contributed by atoms with Gasteiger partial charge in [0, 0.05) is 6.20 Å². The summed E-state index contributed by atoms with van der Waals surface area (Å²) in [5.41, 5.74) is 0.253. The fraction of sp³-hybridized carbons (Fsp3) is 0.600. The molecule has 1 aromatic heterocycles. The normalized spacial score (nSPS) is 11.5. The van der Waals surface area contributed by atoms with Crippen molar-refractivity contribution in [2.24, 2.45) is 5.41 Å². The van der Waals surface area contributed by atoms with Gasteiger partial charge in [0.25, 0.3) is 0 Å². The highest BCUT2D eigenvalue weighted by Crippen LogP contribution is 2.24. The van der Waals surface area contributed by atoms with Crippen molar-refractivity contribution in [3.8, 4) is 5.88 Å². The summed E-state index contributed by atoms with van der Waals surface area (Å²) in [4.78, 5) is 7.80. The Balaban J connectivity index is 2.54. The topological polar surface area (TPSA) is 35.0 Å². The maximum atomic E-state index is 5.66. The fourth-order valence-electron chi connectivity index (χ4n) is 0.886. The quantitative estimate of drug-likeness (QED) is 0.797. The summed E-state index contributed by atoms with van der Waals surface area (Å²) in [6.07, 6.45) is 2.54. The second-order valence-corrected chi connectivity index (χ2v) is 5.64. The Kier molecular flexibility index (Phi) is 4.34. The van der Waals surface area contributed by atoms with Gasteiger partial charge in [0.2, 0.25) is 11.2 Å². The first-order valence-corrected chi connectivity index (χ1v) is 5.86. The van der Waals surface area contributed by atoms with Crippen LogP contribution in [0.15, 0.2) is 10.7 Å². The van der Waals surface area contributed by atoms with Gasteiger partial charge in [-0.15, -0.1) is 0 Å².